The number of likely N-dealkylation sites (tertiary alicyclic amines) is 1. The van der Waals surface area contributed by atoms with Crippen molar-refractivity contribution < 1.29 is 37.8 Å². The summed E-state index contributed by atoms with van der Waals surface area (Å²) in [6, 6.07) is 15.6. The zero-order valence-electron chi connectivity index (χ0n) is 21.1. The minimum Gasteiger partial charge on any atom is -0.494 e. The molecule has 206 valence electrons. The van der Waals surface area contributed by atoms with Gasteiger partial charge in [-0.25, -0.2) is 13.9 Å². The van der Waals surface area contributed by atoms with E-state index in [9.17, 15) is 23.1 Å². The summed E-state index contributed by atoms with van der Waals surface area (Å²) in [5, 5.41) is 19.7. The highest BCUT2D eigenvalue weighted by molar-refractivity contribution is 7.93. The van der Waals surface area contributed by atoms with Crippen molar-refractivity contribution in [1.29, 1.82) is 0 Å². The Balaban J connectivity index is 1.26. The highest BCUT2D eigenvalue weighted by Crippen LogP contribution is 2.36. The molecule has 2 heterocycles. The van der Waals surface area contributed by atoms with Gasteiger partial charge in [0.1, 0.15) is 5.75 Å². The van der Waals surface area contributed by atoms with Crippen LogP contribution in [0.25, 0.3) is 0 Å². The highest BCUT2D eigenvalue weighted by atomic mass is 32.2. The van der Waals surface area contributed by atoms with Crippen LogP contribution in [0, 0.1) is 0 Å². The SMILES string of the molecule is O=C(CCCOc1ccc(S(=O)(=O)C2(C(=O)NO)CCOCC2)cc1)N1CC[C@@H](c2ccccc2)[C@@H](O)C1. The Labute approximate surface area is 222 Å². The number of hydrogen-bond donors (Lipinski definition) is 3. The Morgan fingerprint density at radius 3 is 2.39 bits per heavy atom. The fourth-order valence-electron chi connectivity index (χ4n) is 5.18. The lowest BCUT2D eigenvalue weighted by Crippen LogP contribution is -2.54. The third-order valence-electron chi connectivity index (χ3n) is 7.43. The predicted molar refractivity (Wildman–Crippen MR) is 137 cm³/mol. The molecule has 2 saturated heterocycles. The van der Waals surface area contributed by atoms with Gasteiger partial charge in [0.25, 0.3) is 5.91 Å². The standard InChI is InChI=1S/C27H34N2O8S/c30-24-19-29(15-12-23(24)20-5-2-1-3-6-20)25(31)7-4-16-37-21-8-10-22(11-9-21)38(34,35)27(26(32)28-33)13-17-36-18-14-27/h1-3,5-6,8-11,23-24,30,33H,4,7,12-19H2,(H,28,32)/t23-,24-/m0/s1. The van der Waals surface area contributed by atoms with Gasteiger partial charge in [0.15, 0.2) is 14.6 Å². The maximum atomic E-state index is 13.3. The van der Waals surface area contributed by atoms with Gasteiger partial charge in [0, 0.05) is 38.6 Å². The first-order valence-corrected chi connectivity index (χ1v) is 14.3. The number of ether oxygens (including phenoxy) is 2. The largest absolute Gasteiger partial charge is 0.494 e. The number of hydroxylamine groups is 1. The molecule has 2 atom stereocenters. The van der Waals surface area contributed by atoms with Gasteiger partial charge >= 0.3 is 0 Å². The second-order valence-electron chi connectivity index (χ2n) is 9.69. The minimum absolute atomic E-state index is 0.0229. The Morgan fingerprint density at radius 1 is 1.08 bits per heavy atom. The average molecular weight is 547 g/mol. The van der Waals surface area contributed by atoms with E-state index in [0.29, 0.717) is 31.7 Å². The lowest BCUT2D eigenvalue weighted by Gasteiger charge is -2.36. The number of amides is 2. The molecular weight excluding hydrogens is 512 g/mol. The molecule has 3 N–H and O–H groups in total. The number of aliphatic hydroxyl groups is 1. The van der Waals surface area contributed by atoms with Gasteiger partial charge < -0.3 is 19.5 Å². The summed E-state index contributed by atoms with van der Waals surface area (Å²) >= 11 is 0. The van der Waals surface area contributed by atoms with E-state index in [0.717, 1.165) is 5.56 Å². The fourth-order valence-corrected chi connectivity index (χ4v) is 7.12. The maximum Gasteiger partial charge on any atom is 0.265 e. The summed E-state index contributed by atoms with van der Waals surface area (Å²) in [4.78, 5) is 26.6. The van der Waals surface area contributed by atoms with E-state index in [4.69, 9.17) is 14.7 Å². The maximum absolute atomic E-state index is 13.3. The zero-order chi connectivity index (χ0) is 27.2. The number of nitrogens with one attached hydrogen (secondary N) is 1. The molecule has 2 amide bonds. The molecule has 11 heteroatoms. The number of aliphatic hydroxyl groups excluding tert-OH is 1. The molecule has 0 unspecified atom stereocenters. The third kappa shape index (κ3) is 5.85. The van der Waals surface area contributed by atoms with E-state index >= 15 is 0 Å². The quantitative estimate of drug-likeness (QED) is 0.246. The third-order valence-corrected chi connectivity index (χ3v) is 9.95. The summed E-state index contributed by atoms with van der Waals surface area (Å²) in [5.74, 6) is -0.551. The van der Waals surface area contributed by atoms with E-state index in [1.54, 1.807) is 4.90 Å². The summed E-state index contributed by atoms with van der Waals surface area (Å²) in [7, 11) is -4.11. The highest BCUT2D eigenvalue weighted by Gasteiger charge is 2.52. The number of β-amino-alcohol motifs (C(OH)–C–C–N with tert-alkyl or cyclic N) is 1. The van der Waals surface area contributed by atoms with Crippen molar-refractivity contribution in [2.45, 2.75) is 53.8 Å². The second kappa shape index (κ2) is 12.2. The number of benzene rings is 2. The van der Waals surface area contributed by atoms with Crippen molar-refractivity contribution in [2.24, 2.45) is 0 Å². The molecule has 38 heavy (non-hydrogen) atoms. The molecule has 2 aromatic carbocycles. The first-order chi connectivity index (χ1) is 18.3. The molecule has 2 aromatic rings. The monoisotopic (exact) mass is 546 g/mol. The molecule has 2 aliphatic rings. The lowest BCUT2D eigenvalue weighted by molar-refractivity contribution is -0.135. The molecule has 0 aromatic heterocycles. The Hall–Kier alpha value is -2.99. The normalized spacial score (nSPS) is 21.5. The van der Waals surface area contributed by atoms with Crippen molar-refractivity contribution in [3.63, 3.8) is 0 Å². The van der Waals surface area contributed by atoms with Crippen molar-refractivity contribution in [1.82, 2.24) is 10.4 Å². The number of sulfone groups is 1. The first kappa shape index (κ1) is 28.0. The van der Waals surface area contributed by atoms with Crippen LogP contribution in [0.1, 0.15) is 43.6 Å². The van der Waals surface area contributed by atoms with E-state index in [1.165, 1.54) is 29.7 Å². The number of rotatable bonds is 9. The van der Waals surface area contributed by atoms with Crippen LogP contribution < -0.4 is 10.2 Å². The van der Waals surface area contributed by atoms with Crippen LogP contribution in [0.15, 0.2) is 59.5 Å². The molecule has 0 radical (unpaired) electrons. The smallest absolute Gasteiger partial charge is 0.265 e. The Kier molecular flexibility index (Phi) is 9.03. The molecule has 2 fully saturated rings. The van der Waals surface area contributed by atoms with Gasteiger partial charge in [-0.15, -0.1) is 0 Å². The number of carbonyl (C=O) groups excluding carboxylic acids is 2. The van der Waals surface area contributed by atoms with Gasteiger partial charge in [0.2, 0.25) is 5.91 Å². The molecular formula is C27H34N2O8S. The molecule has 0 bridgehead atoms. The van der Waals surface area contributed by atoms with Gasteiger partial charge in [-0.05, 0) is 55.5 Å². The molecule has 4 rings (SSSR count). The lowest BCUT2D eigenvalue weighted by atomic mass is 9.87. The van der Waals surface area contributed by atoms with Crippen molar-refractivity contribution in [3.05, 3.63) is 60.2 Å². The molecule has 0 spiro atoms. The van der Waals surface area contributed by atoms with Crippen LogP contribution in [0.2, 0.25) is 0 Å². The van der Waals surface area contributed by atoms with Crippen molar-refractivity contribution >= 4 is 21.7 Å². The van der Waals surface area contributed by atoms with Crippen LogP contribution in [0.4, 0.5) is 0 Å². The van der Waals surface area contributed by atoms with Crippen LogP contribution in [-0.2, 0) is 24.2 Å². The number of piperidine rings is 1. The summed E-state index contributed by atoms with van der Waals surface area (Å²) in [6.45, 7) is 1.34. The fraction of sp³-hybridized carbons (Fsp3) is 0.481. The van der Waals surface area contributed by atoms with E-state index in [1.807, 2.05) is 30.3 Å². The molecule has 2 aliphatic heterocycles. The van der Waals surface area contributed by atoms with Gasteiger partial charge in [-0.2, -0.15) is 0 Å². The topological polar surface area (TPSA) is 142 Å². The van der Waals surface area contributed by atoms with Gasteiger partial charge in [-0.1, -0.05) is 30.3 Å². The number of hydrogen-bond acceptors (Lipinski definition) is 8. The van der Waals surface area contributed by atoms with Crippen LogP contribution in [0.5, 0.6) is 5.75 Å². The summed E-state index contributed by atoms with van der Waals surface area (Å²) in [5.41, 5.74) is 2.58. The van der Waals surface area contributed by atoms with Crippen molar-refractivity contribution in [3.8, 4) is 5.75 Å². The van der Waals surface area contributed by atoms with Gasteiger partial charge in [0.05, 0.1) is 17.6 Å². The zero-order valence-corrected chi connectivity index (χ0v) is 21.9. The molecule has 0 saturated carbocycles. The number of nitrogens with zero attached hydrogens (tertiary/aromatic N) is 1. The summed E-state index contributed by atoms with van der Waals surface area (Å²) < 4.78 is 35.7. The average Bonchev–Trinajstić information content (AvgIpc) is 2.95. The summed E-state index contributed by atoms with van der Waals surface area (Å²) in [6.07, 6.45) is 0.717. The first-order valence-electron chi connectivity index (χ1n) is 12.8. The van der Waals surface area contributed by atoms with E-state index < -0.39 is 26.6 Å². The minimum atomic E-state index is -4.11. The van der Waals surface area contributed by atoms with E-state index in [-0.39, 0.29) is 55.8 Å². The van der Waals surface area contributed by atoms with Crippen LogP contribution >= 0.6 is 0 Å². The Bertz CT molecular complexity index is 1200. The molecule has 10 nitrogen and oxygen atoms in total. The van der Waals surface area contributed by atoms with Crippen LogP contribution in [0.3, 0.4) is 0 Å². The number of carbonyl (C=O) groups is 2. The van der Waals surface area contributed by atoms with Gasteiger partial charge in [-0.3, -0.25) is 14.8 Å². The van der Waals surface area contributed by atoms with Crippen LogP contribution in [-0.4, -0.2) is 79.2 Å². The predicted octanol–water partition coefficient (Wildman–Crippen LogP) is 2.05. The van der Waals surface area contributed by atoms with E-state index in [2.05, 4.69) is 0 Å². The van der Waals surface area contributed by atoms with Crippen molar-refractivity contribution in [2.75, 3.05) is 32.9 Å². The second-order valence-corrected chi connectivity index (χ2v) is 11.9. The molecule has 0 aliphatic carbocycles. The Morgan fingerprint density at radius 2 is 1.76 bits per heavy atom.